The van der Waals surface area contributed by atoms with Crippen molar-refractivity contribution in [2.75, 3.05) is 5.75 Å². The average Bonchev–Trinajstić information content (AvgIpc) is 3.66. The second-order valence-corrected chi connectivity index (χ2v) is 10.4. The fraction of sp³-hybridized carbons (Fsp3) is 0.276. The third-order valence-corrected chi connectivity index (χ3v) is 7.23. The number of carboxylic acid groups (broad SMARTS) is 1. The zero-order valence-electron chi connectivity index (χ0n) is 23.0. The summed E-state index contributed by atoms with van der Waals surface area (Å²) in [5.74, 6) is -3.36. The predicted molar refractivity (Wildman–Crippen MR) is 161 cm³/mol. The first-order valence-electron chi connectivity index (χ1n) is 13.4. The minimum atomic E-state index is -1.32. The summed E-state index contributed by atoms with van der Waals surface area (Å²) in [5.41, 5.74) is 8.77. The van der Waals surface area contributed by atoms with Crippen LogP contribution in [0.2, 0.25) is 0 Å². The van der Waals surface area contributed by atoms with Crippen LogP contribution >= 0.6 is 12.6 Å². The Labute approximate surface area is 252 Å². The number of benzene rings is 2. The molecule has 4 atom stereocenters. The summed E-state index contributed by atoms with van der Waals surface area (Å²) >= 11 is 4.21. The molecule has 0 saturated heterocycles. The van der Waals surface area contributed by atoms with Crippen LogP contribution in [0.15, 0.2) is 67.3 Å². The molecule has 0 bridgehead atoms. The number of nitrogens with one attached hydrogen (secondary N) is 5. The first-order chi connectivity index (χ1) is 20.6. The van der Waals surface area contributed by atoms with E-state index in [1.807, 2.05) is 24.3 Å². The molecule has 14 heteroatoms. The molecule has 0 aliphatic carbocycles. The molecular weight excluding hydrogens is 574 g/mol. The van der Waals surface area contributed by atoms with E-state index in [0.29, 0.717) is 11.3 Å². The van der Waals surface area contributed by atoms with E-state index in [1.165, 1.54) is 24.7 Å². The molecule has 4 aromatic rings. The number of fused-ring (bicyclic) bond motifs is 1. The first-order valence-corrected chi connectivity index (χ1v) is 14.1. The summed E-state index contributed by atoms with van der Waals surface area (Å²) in [7, 11) is 0. The first kappa shape index (κ1) is 31.1. The highest BCUT2D eigenvalue weighted by Crippen LogP contribution is 2.19. The lowest BCUT2D eigenvalue weighted by Crippen LogP contribution is -2.58. The van der Waals surface area contributed by atoms with Crippen molar-refractivity contribution in [3.63, 3.8) is 0 Å². The molecule has 226 valence electrons. The standard InChI is InChI=1S/C29H33N7O6S/c30-21(11-18-13-31-15-33-18)26(38)36-25(14-43)28(40)34-23(10-17-12-32-22-4-2-1-3-20(17)22)27(39)35-24(29(41)42)9-16-5-7-19(37)8-6-16/h1-8,12-13,15,21,23-25,32,37,43H,9-11,14,30H2,(H,31,33)(H,34,40)(H,35,39)(H,36,38)(H,41,42). The average molecular weight is 608 g/mol. The largest absolute Gasteiger partial charge is 0.508 e. The van der Waals surface area contributed by atoms with Crippen molar-refractivity contribution in [1.82, 2.24) is 30.9 Å². The molecule has 9 N–H and O–H groups in total. The van der Waals surface area contributed by atoms with Gasteiger partial charge in [-0.2, -0.15) is 12.6 Å². The molecule has 0 spiro atoms. The lowest BCUT2D eigenvalue weighted by atomic mass is 10.0. The second kappa shape index (κ2) is 14.4. The lowest BCUT2D eigenvalue weighted by molar-refractivity contribution is -0.142. The molecule has 3 amide bonds. The van der Waals surface area contributed by atoms with Crippen molar-refractivity contribution in [1.29, 1.82) is 0 Å². The molecule has 2 aromatic carbocycles. The van der Waals surface area contributed by atoms with E-state index in [9.17, 15) is 29.4 Å². The van der Waals surface area contributed by atoms with Gasteiger partial charge in [0.25, 0.3) is 0 Å². The van der Waals surface area contributed by atoms with Crippen molar-refractivity contribution in [3.05, 3.63) is 84.1 Å². The van der Waals surface area contributed by atoms with Gasteiger partial charge in [-0.25, -0.2) is 9.78 Å². The van der Waals surface area contributed by atoms with Crippen LogP contribution in [0.1, 0.15) is 16.8 Å². The number of carboxylic acids is 1. The molecule has 43 heavy (non-hydrogen) atoms. The van der Waals surface area contributed by atoms with Gasteiger partial charge in [-0.3, -0.25) is 14.4 Å². The molecule has 2 heterocycles. The Bertz CT molecular complexity index is 1560. The van der Waals surface area contributed by atoms with Crippen LogP contribution in [-0.4, -0.2) is 78.8 Å². The van der Waals surface area contributed by atoms with Crippen molar-refractivity contribution in [2.45, 2.75) is 43.4 Å². The van der Waals surface area contributed by atoms with Crippen LogP contribution in [0.25, 0.3) is 10.9 Å². The molecule has 0 aliphatic rings. The summed E-state index contributed by atoms with van der Waals surface area (Å²) in [6, 6.07) is 8.74. The van der Waals surface area contributed by atoms with Gasteiger partial charge in [-0.1, -0.05) is 30.3 Å². The van der Waals surface area contributed by atoms with Gasteiger partial charge in [-0.05, 0) is 29.3 Å². The number of nitrogens with zero attached hydrogens (tertiary/aromatic N) is 1. The number of nitrogens with two attached hydrogens (primary N) is 1. The van der Waals surface area contributed by atoms with E-state index >= 15 is 0 Å². The number of aromatic hydroxyl groups is 1. The maximum Gasteiger partial charge on any atom is 0.326 e. The Morgan fingerprint density at radius 2 is 1.53 bits per heavy atom. The van der Waals surface area contributed by atoms with E-state index in [2.05, 4.69) is 43.5 Å². The minimum absolute atomic E-state index is 0.0225. The molecule has 0 aliphatic heterocycles. The maximum absolute atomic E-state index is 13.5. The van der Waals surface area contributed by atoms with Crippen LogP contribution in [-0.2, 0) is 38.4 Å². The molecule has 4 unspecified atom stereocenters. The quantitative estimate of drug-likeness (QED) is 0.0914. The Kier molecular flexibility index (Phi) is 10.4. The van der Waals surface area contributed by atoms with Gasteiger partial charge >= 0.3 is 5.97 Å². The number of hydrogen-bond donors (Lipinski definition) is 9. The molecule has 13 nitrogen and oxygen atoms in total. The number of carbonyl (C=O) groups excluding carboxylic acids is 3. The van der Waals surface area contributed by atoms with Crippen molar-refractivity contribution >= 4 is 47.2 Å². The number of aliphatic carboxylic acids is 1. The van der Waals surface area contributed by atoms with Gasteiger partial charge in [0.15, 0.2) is 0 Å². The van der Waals surface area contributed by atoms with Crippen LogP contribution in [0, 0.1) is 0 Å². The number of aromatic amines is 2. The lowest BCUT2D eigenvalue weighted by Gasteiger charge is -2.24. The zero-order valence-corrected chi connectivity index (χ0v) is 23.9. The number of rotatable bonds is 14. The third-order valence-electron chi connectivity index (χ3n) is 6.87. The molecule has 0 fully saturated rings. The zero-order chi connectivity index (χ0) is 30.9. The topological polar surface area (TPSA) is 215 Å². The smallest absolute Gasteiger partial charge is 0.326 e. The second-order valence-electron chi connectivity index (χ2n) is 10.0. The highest BCUT2D eigenvalue weighted by Gasteiger charge is 2.31. The number of imidazole rings is 1. The fourth-order valence-corrected chi connectivity index (χ4v) is 4.80. The monoisotopic (exact) mass is 607 g/mol. The Morgan fingerprint density at radius 3 is 2.21 bits per heavy atom. The van der Waals surface area contributed by atoms with E-state index in [1.54, 1.807) is 18.3 Å². The fourth-order valence-electron chi connectivity index (χ4n) is 4.54. The third kappa shape index (κ3) is 8.36. The van der Waals surface area contributed by atoms with Crippen molar-refractivity contribution < 1.29 is 29.4 Å². The van der Waals surface area contributed by atoms with Gasteiger partial charge in [0, 0.05) is 54.0 Å². The number of hydrogen-bond acceptors (Lipinski definition) is 8. The number of aromatic nitrogens is 3. The van der Waals surface area contributed by atoms with Crippen LogP contribution < -0.4 is 21.7 Å². The summed E-state index contributed by atoms with van der Waals surface area (Å²) < 4.78 is 0. The number of carbonyl (C=O) groups is 4. The Morgan fingerprint density at radius 1 is 0.860 bits per heavy atom. The molecule has 4 rings (SSSR count). The van der Waals surface area contributed by atoms with Gasteiger partial charge in [0.2, 0.25) is 17.7 Å². The van der Waals surface area contributed by atoms with Gasteiger partial charge in [-0.15, -0.1) is 0 Å². The number of thiol groups is 1. The number of para-hydroxylation sites is 1. The number of phenolic OH excluding ortho intramolecular Hbond substituents is 1. The molecule has 2 aromatic heterocycles. The Hall–Kier alpha value is -4.82. The molecular formula is C29H33N7O6S. The van der Waals surface area contributed by atoms with Gasteiger partial charge < -0.3 is 41.9 Å². The van der Waals surface area contributed by atoms with E-state index in [4.69, 9.17) is 5.73 Å². The van der Waals surface area contributed by atoms with Crippen LogP contribution in [0.5, 0.6) is 5.75 Å². The van der Waals surface area contributed by atoms with E-state index in [0.717, 1.165) is 16.5 Å². The summed E-state index contributed by atoms with van der Waals surface area (Å²) in [4.78, 5) is 61.6. The van der Waals surface area contributed by atoms with Gasteiger partial charge in [0.05, 0.1) is 12.4 Å². The summed E-state index contributed by atoms with van der Waals surface area (Å²) in [5, 5.41) is 28.0. The number of phenols is 1. The molecule has 0 saturated carbocycles. The summed E-state index contributed by atoms with van der Waals surface area (Å²) in [6.45, 7) is 0. The number of H-pyrrole nitrogens is 2. The van der Waals surface area contributed by atoms with Gasteiger partial charge in [0.1, 0.15) is 23.9 Å². The van der Waals surface area contributed by atoms with E-state index in [-0.39, 0.29) is 30.8 Å². The normalized spacial score (nSPS) is 13.9. The Balaban J connectivity index is 1.51. The van der Waals surface area contributed by atoms with Crippen LogP contribution in [0.4, 0.5) is 0 Å². The van der Waals surface area contributed by atoms with Crippen molar-refractivity contribution in [3.8, 4) is 5.75 Å². The number of amides is 3. The van der Waals surface area contributed by atoms with E-state index < -0.39 is 47.9 Å². The summed E-state index contributed by atoms with van der Waals surface area (Å²) in [6.07, 6.45) is 4.85. The highest BCUT2D eigenvalue weighted by molar-refractivity contribution is 7.80. The highest BCUT2D eigenvalue weighted by atomic mass is 32.1. The van der Waals surface area contributed by atoms with Crippen molar-refractivity contribution in [2.24, 2.45) is 5.73 Å². The SMILES string of the molecule is NC(Cc1cnc[nH]1)C(=O)NC(CS)C(=O)NC(Cc1c[nH]c2ccccc12)C(=O)NC(Cc1ccc(O)cc1)C(=O)O. The maximum atomic E-state index is 13.5. The predicted octanol–water partition coefficient (Wildman–Crippen LogP) is 0.421. The van der Waals surface area contributed by atoms with Crippen LogP contribution in [0.3, 0.4) is 0 Å². The molecule has 0 radical (unpaired) electrons. The minimum Gasteiger partial charge on any atom is -0.508 e.